The average molecular weight is 327 g/mol. The predicted octanol–water partition coefficient (Wildman–Crippen LogP) is 3.93. The molecular weight excluding hydrogens is 314 g/mol. The summed E-state index contributed by atoms with van der Waals surface area (Å²) >= 11 is 12.1. The minimum Gasteiger partial charge on any atom is -0.484 e. The lowest BCUT2D eigenvalue weighted by atomic mass is 10.0. The van der Waals surface area contributed by atoms with Crippen LogP contribution in [0.1, 0.15) is 0 Å². The second-order valence-electron chi connectivity index (χ2n) is 4.81. The first-order valence-corrected chi connectivity index (χ1v) is 7.23. The molecule has 21 heavy (non-hydrogen) atoms. The topological polar surface area (TPSA) is 47.3 Å². The van der Waals surface area contributed by atoms with Gasteiger partial charge in [0.15, 0.2) is 5.75 Å². The summed E-state index contributed by atoms with van der Waals surface area (Å²) in [6.07, 6.45) is -0.159. The maximum absolute atomic E-state index is 13.8. The highest BCUT2D eigenvalue weighted by molar-refractivity contribution is 6.36. The van der Waals surface area contributed by atoms with Crippen LogP contribution in [0, 0.1) is 5.82 Å². The second-order valence-corrected chi connectivity index (χ2v) is 5.65. The molecule has 0 aliphatic carbocycles. The molecule has 0 spiro atoms. The van der Waals surface area contributed by atoms with Gasteiger partial charge in [-0.25, -0.2) is 4.39 Å². The molecule has 1 atom stereocenters. The van der Waals surface area contributed by atoms with E-state index in [0.717, 1.165) is 0 Å². The van der Waals surface area contributed by atoms with Crippen molar-refractivity contribution in [1.82, 2.24) is 0 Å². The van der Waals surface area contributed by atoms with E-state index in [-0.39, 0.29) is 11.9 Å². The zero-order chi connectivity index (χ0) is 15.0. The summed E-state index contributed by atoms with van der Waals surface area (Å²) in [6, 6.07) is 7.86. The number of fused-ring (bicyclic) bond motifs is 1. The largest absolute Gasteiger partial charge is 0.484 e. The van der Waals surface area contributed by atoms with Gasteiger partial charge in [-0.3, -0.25) is 0 Å². The number of anilines is 1. The van der Waals surface area contributed by atoms with E-state index in [9.17, 15) is 4.39 Å². The standard InChI is InChI=1S/C15H13Cl2FN2O/c16-8-1-2-11(13(17)3-8)12-4-9(18)5-14-15(12)21-10(6-19)7-20-14/h1-5,10,20H,6-7,19H2. The van der Waals surface area contributed by atoms with Gasteiger partial charge in [-0.2, -0.15) is 0 Å². The van der Waals surface area contributed by atoms with Gasteiger partial charge < -0.3 is 15.8 Å². The zero-order valence-electron chi connectivity index (χ0n) is 11.0. The smallest absolute Gasteiger partial charge is 0.151 e. The van der Waals surface area contributed by atoms with Gasteiger partial charge in [-0.05, 0) is 18.2 Å². The van der Waals surface area contributed by atoms with Crippen molar-refractivity contribution < 1.29 is 9.13 Å². The Kier molecular flexibility index (Phi) is 3.93. The van der Waals surface area contributed by atoms with Crippen molar-refractivity contribution in [2.75, 3.05) is 18.4 Å². The number of ether oxygens (including phenoxy) is 1. The highest BCUT2D eigenvalue weighted by Gasteiger charge is 2.23. The Bertz CT molecular complexity index is 694. The molecule has 0 radical (unpaired) electrons. The van der Waals surface area contributed by atoms with E-state index in [1.807, 2.05) is 0 Å². The molecule has 0 aromatic heterocycles. The molecule has 3 N–H and O–H groups in total. The summed E-state index contributed by atoms with van der Waals surface area (Å²) in [4.78, 5) is 0. The third-order valence-electron chi connectivity index (χ3n) is 3.34. The number of nitrogens with two attached hydrogens (primary N) is 1. The fourth-order valence-corrected chi connectivity index (χ4v) is 2.83. The van der Waals surface area contributed by atoms with Crippen LogP contribution in [0.3, 0.4) is 0 Å². The molecule has 0 bridgehead atoms. The zero-order valence-corrected chi connectivity index (χ0v) is 12.5. The van der Waals surface area contributed by atoms with E-state index < -0.39 is 0 Å². The van der Waals surface area contributed by atoms with E-state index in [4.69, 9.17) is 33.7 Å². The number of benzene rings is 2. The minimum atomic E-state index is -0.364. The van der Waals surface area contributed by atoms with E-state index in [0.29, 0.717) is 45.7 Å². The number of hydrogen-bond acceptors (Lipinski definition) is 3. The van der Waals surface area contributed by atoms with Crippen LogP contribution in [0.5, 0.6) is 5.75 Å². The Balaban J connectivity index is 2.16. The van der Waals surface area contributed by atoms with Crippen molar-refractivity contribution >= 4 is 28.9 Å². The lowest BCUT2D eigenvalue weighted by Crippen LogP contribution is -2.37. The lowest BCUT2D eigenvalue weighted by molar-refractivity contribution is 0.215. The molecule has 0 saturated carbocycles. The maximum Gasteiger partial charge on any atom is 0.151 e. The molecule has 3 rings (SSSR count). The summed E-state index contributed by atoms with van der Waals surface area (Å²) in [5.74, 6) is 0.194. The summed E-state index contributed by atoms with van der Waals surface area (Å²) in [5, 5.41) is 4.09. The van der Waals surface area contributed by atoms with Gasteiger partial charge >= 0.3 is 0 Å². The predicted molar refractivity (Wildman–Crippen MR) is 83.8 cm³/mol. The average Bonchev–Trinajstić information content (AvgIpc) is 2.46. The Morgan fingerprint density at radius 2 is 2.05 bits per heavy atom. The Morgan fingerprint density at radius 1 is 1.24 bits per heavy atom. The van der Waals surface area contributed by atoms with Gasteiger partial charge in [-0.15, -0.1) is 0 Å². The van der Waals surface area contributed by atoms with E-state index in [1.165, 1.54) is 12.1 Å². The Labute approximate surface area is 131 Å². The van der Waals surface area contributed by atoms with Crippen LogP contribution in [-0.4, -0.2) is 19.2 Å². The van der Waals surface area contributed by atoms with Crippen molar-refractivity contribution in [1.29, 1.82) is 0 Å². The van der Waals surface area contributed by atoms with Crippen molar-refractivity contribution in [3.63, 3.8) is 0 Å². The molecule has 6 heteroatoms. The van der Waals surface area contributed by atoms with E-state index in [1.54, 1.807) is 18.2 Å². The van der Waals surface area contributed by atoms with Crippen molar-refractivity contribution in [2.24, 2.45) is 5.73 Å². The van der Waals surface area contributed by atoms with E-state index >= 15 is 0 Å². The molecule has 0 amide bonds. The summed E-state index contributed by atoms with van der Waals surface area (Å²) in [5.41, 5.74) is 7.49. The van der Waals surface area contributed by atoms with Crippen molar-refractivity contribution in [3.8, 4) is 16.9 Å². The molecule has 3 nitrogen and oxygen atoms in total. The number of rotatable bonds is 2. The highest BCUT2D eigenvalue weighted by atomic mass is 35.5. The van der Waals surface area contributed by atoms with Gasteiger partial charge in [0.2, 0.25) is 0 Å². The minimum absolute atomic E-state index is 0.159. The van der Waals surface area contributed by atoms with Crippen molar-refractivity contribution in [2.45, 2.75) is 6.10 Å². The summed E-state index contributed by atoms with van der Waals surface area (Å²) in [7, 11) is 0. The first-order chi connectivity index (χ1) is 10.1. The molecule has 0 saturated heterocycles. The number of nitrogens with one attached hydrogen (secondary N) is 1. The molecule has 110 valence electrons. The quantitative estimate of drug-likeness (QED) is 0.878. The molecular formula is C15H13Cl2FN2O. The SMILES string of the molecule is NCC1CNc2cc(F)cc(-c3ccc(Cl)cc3Cl)c2O1. The molecule has 1 unspecified atom stereocenters. The van der Waals surface area contributed by atoms with Crippen molar-refractivity contribution in [3.05, 3.63) is 46.2 Å². The van der Waals surface area contributed by atoms with Crippen LogP contribution in [-0.2, 0) is 0 Å². The van der Waals surface area contributed by atoms with E-state index in [2.05, 4.69) is 5.32 Å². The Morgan fingerprint density at radius 3 is 2.76 bits per heavy atom. The maximum atomic E-state index is 13.8. The van der Waals surface area contributed by atoms with Gasteiger partial charge in [0, 0.05) is 28.8 Å². The second kappa shape index (κ2) is 5.72. The highest BCUT2D eigenvalue weighted by Crippen LogP contribution is 2.42. The van der Waals surface area contributed by atoms with Gasteiger partial charge in [0.05, 0.1) is 17.3 Å². The van der Waals surface area contributed by atoms with Crippen LogP contribution in [0.2, 0.25) is 10.0 Å². The number of halogens is 3. The lowest BCUT2D eigenvalue weighted by Gasteiger charge is -2.28. The monoisotopic (exact) mass is 326 g/mol. The molecule has 2 aromatic rings. The molecule has 2 aromatic carbocycles. The molecule has 1 heterocycles. The first-order valence-electron chi connectivity index (χ1n) is 6.48. The van der Waals surface area contributed by atoms with Gasteiger partial charge in [0.1, 0.15) is 11.9 Å². The molecule has 1 aliphatic rings. The van der Waals surface area contributed by atoms with Crippen LogP contribution < -0.4 is 15.8 Å². The normalized spacial score (nSPS) is 16.9. The fraction of sp³-hybridized carbons (Fsp3) is 0.200. The van der Waals surface area contributed by atoms with Crippen LogP contribution in [0.15, 0.2) is 30.3 Å². The summed E-state index contributed by atoms with van der Waals surface area (Å²) in [6.45, 7) is 0.915. The third kappa shape index (κ3) is 2.79. The fourth-order valence-electron chi connectivity index (χ4n) is 2.32. The molecule has 1 aliphatic heterocycles. The Hall–Kier alpha value is -1.49. The summed E-state index contributed by atoms with van der Waals surface area (Å²) < 4.78 is 19.7. The third-order valence-corrected chi connectivity index (χ3v) is 3.89. The molecule has 0 fully saturated rings. The van der Waals surface area contributed by atoms with Gasteiger partial charge in [-0.1, -0.05) is 29.3 Å². The van der Waals surface area contributed by atoms with Gasteiger partial charge in [0.25, 0.3) is 0 Å². The van der Waals surface area contributed by atoms with Crippen LogP contribution in [0.25, 0.3) is 11.1 Å². The van der Waals surface area contributed by atoms with Crippen LogP contribution >= 0.6 is 23.2 Å². The number of hydrogen-bond donors (Lipinski definition) is 2. The van der Waals surface area contributed by atoms with Crippen LogP contribution in [0.4, 0.5) is 10.1 Å². The first kappa shape index (κ1) is 14.4.